The molecule has 1 atom stereocenters. The Hall–Kier alpha value is -1.92. The number of hydrogen-bond donors (Lipinski definition) is 1. The highest BCUT2D eigenvalue weighted by Crippen LogP contribution is 2.27. The quantitative estimate of drug-likeness (QED) is 0.883. The van der Waals surface area contributed by atoms with Gasteiger partial charge in [0.25, 0.3) is 0 Å². The predicted molar refractivity (Wildman–Crippen MR) is 80.6 cm³/mol. The Kier molecular flexibility index (Phi) is 4.29. The molecule has 2 rings (SSSR count). The maximum Gasteiger partial charge on any atom is 0.243 e. The van der Waals surface area contributed by atoms with E-state index in [9.17, 15) is 12.8 Å². The van der Waals surface area contributed by atoms with Crippen LogP contribution in [-0.2, 0) is 10.0 Å². The summed E-state index contributed by atoms with van der Waals surface area (Å²) in [7, 11) is -2.28. The average molecular weight is 308 g/mol. The van der Waals surface area contributed by atoms with E-state index in [1.807, 2.05) is 0 Å². The highest BCUT2D eigenvalue weighted by Gasteiger charge is 2.27. The molecule has 0 spiro atoms. The van der Waals surface area contributed by atoms with E-state index in [4.69, 9.17) is 5.73 Å². The number of rotatable bonds is 4. The number of nitrogen functional groups attached to an aromatic ring is 1. The van der Waals surface area contributed by atoms with Gasteiger partial charge >= 0.3 is 0 Å². The van der Waals surface area contributed by atoms with Crippen molar-refractivity contribution in [3.05, 3.63) is 59.9 Å². The highest BCUT2D eigenvalue weighted by molar-refractivity contribution is 7.89. The van der Waals surface area contributed by atoms with E-state index >= 15 is 0 Å². The van der Waals surface area contributed by atoms with Gasteiger partial charge < -0.3 is 5.73 Å². The fraction of sp³-hybridized carbons (Fsp3) is 0.200. The van der Waals surface area contributed by atoms with Crippen molar-refractivity contribution in [2.75, 3.05) is 12.8 Å². The lowest BCUT2D eigenvalue weighted by Gasteiger charge is -2.25. The smallest absolute Gasteiger partial charge is 0.243 e. The lowest BCUT2D eigenvalue weighted by molar-refractivity contribution is 0.387. The molecule has 0 aliphatic heterocycles. The summed E-state index contributed by atoms with van der Waals surface area (Å²) in [6.07, 6.45) is 0. The molecule has 0 saturated heterocycles. The van der Waals surface area contributed by atoms with Gasteiger partial charge in [-0.3, -0.25) is 0 Å². The van der Waals surface area contributed by atoms with E-state index < -0.39 is 21.9 Å². The van der Waals surface area contributed by atoms with Gasteiger partial charge in [0.2, 0.25) is 10.0 Å². The van der Waals surface area contributed by atoms with Crippen LogP contribution < -0.4 is 5.73 Å². The second kappa shape index (κ2) is 5.83. The van der Waals surface area contributed by atoms with Crippen molar-refractivity contribution in [2.24, 2.45) is 0 Å². The van der Waals surface area contributed by atoms with Crippen LogP contribution in [0.15, 0.2) is 53.4 Å². The number of hydrogen-bond acceptors (Lipinski definition) is 3. The van der Waals surface area contributed by atoms with E-state index in [1.165, 1.54) is 37.4 Å². The summed E-state index contributed by atoms with van der Waals surface area (Å²) in [6.45, 7) is 1.65. The van der Waals surface area contributed by atoms with Crippen molar-refractivity contribution in [1.29, 1.82) is 0 Å². The molecule has 2 aromatic carbocycles. The summed E-state index contributed by atoms with van der Waals surface area (Å²) in [5.74, 6) is -0.427. The molecular formula is C15H17FN2O2S. The molecule has 0 heterocycles. The number of nitrogens with zero attached hydrogens (tertiary/aromatic N) is 1. The molecule has 0 amide bonds. The third-order valence-electron chi connectivity index (χ3n) is 3.46. The number of benzene rings is 2. The highest BCUT2D eigenvalue weighted by atomic mass is 32.2. The maximum atomic E-state index is 13.8. The SMILES string of the molecule is CC(c1ccccc1F)N(C)S(=O)(=O)c1ccc(N)cc1. The first-order valence-corrected chi connectivity index (χ1v) is 7.86. The van der Waals surface area contributed by atoms with Gasteiger partial charge in [-0.2, -0.15) is 4.31 Å². The van der Waals surface area contributed by atoms with Gasteiger partial charge in [-0.05, 0) is 37.3 Å². The molecule has 1 unspecified atom stereocenters. The Balaban J connectivity index is 2.36. The maximum absolute atomic E-state index is 13.8. The topological polar surface area (TPSA) is 63.4 Å². The second-order valence-electron chi connectivity index (χ2n) is 4.79. The van der Waals surface area contributed by atoms with Gasteiger partial charge in [0, 0.05) is 24.3 Å². The van der Waals surface area contributed by atoms with Crippen LogP contribution in [0.3, 0.4) is 0 Å². The molecule has 0 aliphatic carbocycles. The molecule has 0 aliphatic rings. The minimum atomic E-state index is -3.71. The molecule has 21 heavy (non-hydrogen) atoms. The predicted octanol–water partition coefficient (Wildman–Crippen LogP) is 2.79. The monoisotopic (exact) mass is 308 g/mol. The normalized spacial score (nSPS) is 13.3. The molecule has 0 fully saturated rings. The summed E-state index contributed by atoms with van der Waals surface area (Å²) in [5, 5.41) is 0. The fourth-order valence-electron chi connectivity index (χ4n) is 2.02. The summed E-state index contributed by atoms with van der Waals surface area (Å²) >= 11 is 0. The zero-order valence-electron chi connectivity index (χ0n) is 11.8. The molecule has 4 nitrogen and oxygen atoms in total. The van der Waals surface area contributed by atoms with Crippen molar-refractivity contribution in [1.82, 2.24) is 4.31 Å². The Labute approximate surface area is 124 Å². The van der Waals surface area contributed by atoms with Crippen LogP contribution in [0.5, 0.6) is 0 Å². The Morgan fingerprint density at radius 3 is 2.24 bits per heavy atom. The third kappa shape index (κ3) is 3.06. The van der Waals surface area contributed by atoms with Gasteiger partial charge in [-0.1, -0.05) is 18.2 Å². The van der Waals surface area contributed by atoms with E-state index in [2.05, 4.69) is 0 Å². The minimum Gasteiger partial charge on any atom is -0.399 e. The van der Waals surface area contributed by atoms with Crippen LogP contribution >= 0.6 is 0 Å². The molecule has 0 radical (unpaired) electrons. The lowest BCUT2D eigenvalue weighted by atomic mass is 10.1. The van der Waals surface area contributed by atoms with E-state index in [0.29, 0.717) is 11.3 Å². The van der Waals surface area contributed by atoms with E-state index in [-0.39, 0.29) is 4.90 Å². The molecule has 0 bridgehead atoms. The second-order valence-corrected chi connectivity index (χ2v) is 6.79. The van der Waals surface area contributed by atoms with Crippen molar-refractivity contribution in [3.63, 3.8) is 0 Å². The molecular weight excluding hydrogens is 291 g/mol. The number of halogens is 1. The molecule has 0 aromatic heterocycles. The van der Waals surface area contributed by atoms with Crippen molar-refractivity contribution in [3.8, 4) is 0 Å². The van der Waals surface area contributed by atoms with Gasteiger partial charge in [0.1, 0.15) is 5.82 Å². The van der Waals surface area contributed by atoms with Gasteiger partial charge in [-0.15, -0.1) is 0 Å². The molecule has 2 aromatic rings. The summed E-state index contributed by atoms with van der Waals surface area (Å²) in [6, 6.07) is 11.4. The standard InChI is InChI=1S/C15H17FN2O2S/c1-11(14-5-3-4-6-15(14)16)18(2)21(19,20)13-9-7-12(17)8-10-13/h3-11H,17H2,1-2H3. The number of anilines is 1. The number of nitrogens with two attached hydrogens (primary N) is 1. The van der Waals surface area contributed by atoms with Gasteiger partial charge in [-0.25, -0.2) is 12.8 Å². The van der Waals surface area contributed by atoms with Crippen LogP contribution in [0.25, 0.3) is 0 Å². The Morgan fingerprint density at radius 1 is 1.10 bits per heavy atom. The molecule has 112 valence electrons. The Bertz CT molecular complexity index is 730. The van der Waals surface area contributed by atoms with E-state index in [1.54, 1.807) is 25.1 Å². The summed E-state index contributed by atoms with van der Waals surface area (Å²) in [4.78, 5) is 0.127. The first kappa shape index (κ1) is 15.5. The van der Waals surface area contributed by atoms with Crippen LogP contribution in [0.1, 0.15) is 18.5 Å². The molecule has 2 N–H and O–H groups in total. The zero-order chi connectivity index (χ0) is 15.6. The largest absolute Gasteiger partial charge is 0.399 e. The summed E-state index contributed by atoms with van der Waals surface area (Å²) < 4.78 is 40.0. The molecule has 6 heteroatoms. The number of sulfonamides is 1. The fourth-order valence-corrected chi connectivity index (χ4v) is 3.37. The van der Waals surface area contributed by atoms with Gasteiger partial charge in [0.05, 0.1) is 4.90 Å². The Morgan fingerprint density at radius 2 is 1.67 bits per heavy atom. The summed E-state index contributed by atoms with van der Waals surface area (Å²) in [5.41, 5.74) is 6.38. The van der Waals surface area contributed by atoms with Crippen molar-refractivity contribution in [2.45, 2.75) is 17.9 Å². The van der Waals surface area contributed by atoms with Crippen LogP contribution in [0, 0.1) is 5.82 Å². The van der Waals surface area contributed by atoms with Crippen LogP contribution in [0.2, 0.25) is 0 Å². The van der Waals surface area contributed by atoms with E-state index in [0.717, 1.165) is 4.31 Å². The van der Waals surface area contributed by atoms with Gasteiger partial charge in [0.15, 0.2) is 0 Å². The van der Waals surface area contributed by atoms with Crippen LogP contribution in [0.4, 0.5) is 10.1 Å². The zero-order valence-corrected chi connectivity index (χ0v) is 12.6. The first-order chi connectivity index (χ1) is 9.84. The van der Waals surface area contributed by atoms with Crippen molar-refractivity contribution < 1.29 is 12.8 Å². The lowest BCUT2D eigenvalue weighted by Crippen LogP contribution is -2.30. The first-order valence-electron chi connectivity index (χ1n) is 6.42. The third-order valence-corrected chi connectivity index (χ3v) is 5.40. The van der Waals surface area contributed by atoms with Crippen LogP contribution in [-0.4, -0.2) is 19.8 Å². The molecule has 0 saturated carbocycles. The van der Waals surface area contributed by atoms with Crippen molar-refractivity contribution >= 4 is 15.7 Å². The average Bonchev–Trinajstić information content (AvgIpc) is 2.46. The minimum absolute atomic E-state index is 0.127.